The van der Waals surface area contributed by atoms with Crippen LogP contribution in [0.25, 0.3) is 0 Å². The van der Waals surface area contributed by atoms with Crippen molar-refractivity contribution in [3.8, 4) is 0 Å². The summed E-state index contributed by atoms with van der Waals surface area (Å²) in [5, 5.41) is 6.69. The number of hydrogen-bond acceptors (Lipinski definition) is 4. The third-order valence-electron chi connectivity index (χ3n) is 4.51. The van der Waals surface area contributed by atoms with Crippen LogP contribution in [0.3, 0.4) is 0 Å². The van der Waals surface area contributed by atoms with E-state index in [-0.39, 0.29) is 23.4 Å². The number of nitrogens with one attached hydrogen (secondary N) is 2. The van der Waals surface area contributed by atoms with Gasteiger partial charge in [-0.05, 0) is 56.1 Å². The third-order valence-corrected chi connectivity index (χ3v) is 4.90. The molecule has 2 N–H and O–H groups in total. The summed E-state index contributed by atoms with van der Waals surface area (Å²) in [6.45, 7) is 11.6. The van der Waals surface area contributed by atoms with Crippen LogP contribution in [0.2, 0.25) is 0 Å². The summed E-state index contributed by atoms with van der Waals surface area (Å²) in [6, 6.07) is 7.00. The average molecular weight is 418 g/mol. The Bertz CT molecular complexity index is 840. The number of amides is 1. The van der Waals surface area contributed by atoms with Crippen LogP contribution in [-0.4, -0.2) is 35.0 Å². The fourth-order valence-electron chi connectivity index (χ4n) is 3.11. The summed E-state index contributed by atoms with van der Waals surface area (Å²) < 4.78 is 5.47. The highest BCUT2D eigenvalue weighted by molar-refractivity contribution is 7.80. The quantitative estimate of drug-likeness (QED) is 0.554. The van der Waals surface area contributed by atoms with E-state index >= 15 is 0 Å². The van der Waals surface area contributed by atoms with Crippen molar-refractivity contribution in [2.75, 3.05) is 12.4 Å². The molecule has 0 spiro atoms. The maximum absolute atomic E-state index is 12.8. The maximum atomic E-state index is 12.8. The zero-order valence-electron chi connectivity index (χ0n) is 18.3. The van der Waals surface area contributed by atoms with Gasteiger partial charge >= 0.3 is 5.97 Å². The van der Waals surface area contributed by atoms with Crippen molar-refractivity contribution < 1.29 is 14.3 Å². The second kappa shape index (κ2) is 8.95. The van der Waals surface area contributed by atoms with Crippen molar-refractivity contribution in [1.29, 1.82) is 0 Å². The molecular formula is C22H31N3O3S. The molecule has 6 nitrogen and oxygen atoms in total. The lowest BCUT2D eigenvalue weighted by molar-refractivity contribution is -0.143. The minimum atomic E-state index is -0.454. The molecule has 1 aliphatic heterocycles. The number of benzene rings is 1. The number of rotatable bonds is 5. The fraction of sp³-hybridized carbons (Fsp3) is 0.500. The summed E-state index contributed by atoms with van der Waals surface area (Å²) in [7, 11) is 1.81. The molecule has 1 aromatic carbocycles. The second-order valence-corrected chi connectivity index (χ2v) is 9.19. The van der Waals surface area contributed by atoms with Crippen molar-refractivity contribution >= 4 is 34.9 Å². The van der Waals surface area contributed by atoms with Gasteiger partial charge in [0.1, 0.15) is 0 Å². The van der Waals surface area contributed by atoms with E-state index in [4.69, 9.17) is 17.0 Å². The summed E-state index contributed by atoms with van der Waals surface area (Å²) in [5.41, 5.74) is 2.65. The smallest absolute Gasteiger partial charge is 0.338 e. The SMILES string of the molecule is CC1=C(C(=O)OC(C)C)[C@H](c2cccc(NC(=O)CC(C)(C)C)c2)NC(=S)N1C. The van der Waals surface area contributed by atoms with Gasteiger partial charge in [0.2, 0.25) is 5.91 Å². The molecule has 1 aliphatic rings. The Morgan fingerprint density at radius 1 is 1.31 bits per heavy atom. The molecule has 29 heavy (non-hydrogen) atoms. The molecule has 0 saturated carbocycles. The van der Waals surface area contributed by atoms with Crippen molar-refractivity contribution in [1.82, 2.24) is 10.2 Å². The van der Waals surface area contributed by atoms with Gasteiger partial charge in [0.05, 0.1) is 17.7 Å². The van der Waals surface area contributed by atoms with Gasteiger partial charge in [0, 0.05) is 24.9 Å². The molecule has 0 radical (unpaired) electrons. The molecule has 7 heteroatoms. The number of carbonyl (C=O) groups is 2. The minimum Gasteiger partial charge on any atom is -0.459 e. The summed E-state index contributed by atoms with van der Waals surface area (Å²) in [5.74, 6) is -0.431. The fourth-order valence-corrected chi connectivity index (χ4v) is 3.37. The number of anilines is 1. The van der Waals surface area contributed by atoms with E-state index in [1.807, 2.05) is 72.9 Å². The van der Waals surface area contributed by atoms with Gasteiger partial charge in [0.15, 0.2) is 5.11 Å². The summed E-state index contributed by atoms with van der Waals surface area (Å²) >= 11 is 5.43. The van der Waals surface area contributed by atoms with Gasteiger partial charge in [-0.15, -0.1) is 0 Å². The van der Waals surface area contributed by atoms with Crippen LogP contribution in [0.5, 0.6) is 0 Å². The lowest BCUT2D eigenvalue weighted by Crippen LogP contribution is -2.46. The highest BCUT2D eigenvalue weighted by Gasteiger charge is 2.34. The number of hydrogen-bond donors (Lipinski definition) is 2. The van der Waals surface area contributed by atoms with Crippen LogP contribution in [0.4, 0.5) is 5.69 Å². The zero-order chi connectivity index (χ0) is 21.9. The van der Waals surface area contributed by atoms with Crippen molar-refractivity contribution in [3.63, 3.8) is 0 Å². The molecule has 0 unspecified atom stereocenters. The predicted molar refractivity (Wildman–Crippen MR) is 119 cm³/mol. The minimum absolute atomic E-state index is 0.0485. The monoisotopic (exact) mass is 417 g/mol. The van der Waals surface area contributed by atoms with Crippen LogP contribution < -0.4 is 10.6 Å². The molecule has 1 atom stereocenters. The predicted octanol–water partition coefficient (Wildman–Crippen LogP) is 4.15. The summed E-state index contributed by atoms with van der Waals surface area (Å²) in [6.07, 6.45) is 0.185. The molecule has 1 amide bonds. The normalized spacial score (nSPS) is 17.3. The van der Waals surface area contributed by atoms with Crippen LogP contribution in [0, 0.1) is 5.41 Å². The Balaban J connectivity index is 2.37. The first-order valence-corrected chi connectivity index (χ1v) is 10.2. The number of ether oxygens (including phenoxy) is 1. The zero-order valence-corrected chi connectivity index (χ0v) is 19.1. The van der Waals surface area contributed by atoms with E-state index in [1.54, 1.807) is 4.90 Å². The molecule has 0 aliphatic carbocycles. The van der Waals surface area contributed by atoms with Gasteiger partial charge in [0.25, 0.3) is 0 Å². The standard InChI is InChI=1S/C22H31N3O3S/c1-13(2)28-20(27)18-14(3)25(7)21(29)24-19(18)15-9-8-10-16(11-15)23-17(26)12-22(4,5)6/h8-11,13,19H,12H2,1-7H3,(H,23,26)(H,24,29)/t19-/m0/s1. The van der Waals surface area contributed by atoms with E-state index in [0.717, 1.165) is 11.3 Å². The van der Waals surface area contributed by atoms with Crippen LogP contribution in [-0.2, 0) is 14.3 Å². The number of esters is 1. The van der Waals surface area contributed by atoms with Crippen LogP contribution in [0.1, 0.15) is 59.6 Å². The van der Waals surface area contributed by atoms with Gasteiger partial charge < -0.3 is 20.3 Å². The molecule has 158 valence electrons. The van der Waals surface area contributed by atoms with E-state index in [1.165, 1.54) is 0 Å². The maximum Gasteiger partial charge on any atom is 0.338 e. The summed E-state index contributed by atoms with van der Waals surface area (Å²) in [4.78, 5) is 26.9. The first-order valence-electron chi connectivity index (χ1n) is 9.75. The first-order chi connectivity index (χ1) is 13.4. The molecule has 0 fully saturated rings. The van der Waals surface area contributed by atoms with Gasteiger partial charge in [-0.3, -0.25) is 4.79 Å². The molecule has 0 aromatic heterocycles. The second-order valence-electron chi connectivity index (χ2n) is 8.81. The highest BCUT2D eigenvalue weighted by Crippen LogP contribution is 2.32. The molecule has 1 heterocycles. The van der Waals surface area contributed by atoms with E-state index in [2.05, 4.69) is 10.6 Å². The average Bonchev–Trinajstić information content (AvgIpc) is 2.57. The van der Waals surface area contributed by atoms with Gasteiger partial charge in [-0.25, -0.2) is 4.79 Å². The van der Waals surface area contributed by atoms with Crippen LogP contribution >= 0.6 is 12.2 Å². The lowest BCUT2D eigenvalue weighted by Gasteiger charge is -2.35. The Kier molecular flexibility index (Phi) is 7.06. The first kappa shape index (κ1) is 22.9. The number of thiocarbonyl (C=S) groups is 1. The Morgan fingerprint density at radius 3 is 2.55 bits per heavy atom. The van der Waals surface area contributed by atoms with E-state index in [0.29, 0.717) is 22.8 Å². The van der Waals surface area contributed by atoms with E-state index in [9.17, 15) is 9.59 Å². The molecule has 0 saturated heterocycles. The third kappa shape index (κ3) is 6.03. The van der Waals surface area contributed by atoms with E-state index < -0.39 is 6.04 Å². The molecule has 2 rings (SSSR count). The Morgan fingerprint density at radius 2 is 1.97 bits per heavy atom. The highest BCUT2D eigenvalue weighted by atomic mass is 32.1. The molecule has 0 bridgehead atoms. The van der Waals surface area contributed by atoms with Crippen molar-refractivity contribution in [2.24, 2.45) is 5.41 Å². The van der Waals surface area contributed by atoms with Gasteiger partial charge in [-0.2, -0.15) is 0 Å². The van der Waals surface area contributed by atoms with Crippen molar-refractivity contribution in [2.45, 2.75) is 60.1 Å². The Labute approximate surface area is 178 Å². The lowest BCUT2D eigenvalue weighted by atomic mass is 9.92. The molecular weight excluding hydrogens is 386 g/mol. The van der Waals surface area contributed by atoms with Crippen molar-refractivity contribution in [3.05, 3.63) is 41.1 Å². The van der Waals surface area contributed by atoms with Gasteiger partial charge in [-0.1, -0.05) is 32.9 Å². The number of nitrogens with zero attached hydrogens (tertiary/aromatic N) is 1. The number of allylic oxidation sites excluding steroid dienone is 1. The number of carbonyl (C=O) groups excluding carboxylic acids is 2. The molecule has 1 aromatic rings. The Hall–Kier alpha value is -2.41. The van der Waals surface area contributed by atoms with Crippen LogP contribution in [0.15, 0.2) is 35.5 Å². The topological polar surface area (TPSA) is 70.7 Å². The largest absolute Gasteiger partial charge is 0.459 e.